The molecule has 0 aliphatic carbocycles. The van der Waals surface area contributed by atoms with Crippen molar-refractivity contribution < 1.29 is 9.50 Å². The summed E-state index contributed by atoms with van der Waals surface area (Å²) in [6, 6.07) is 11.2. The first kappa shape index (κ1) is 10.8. The lowest BCUT2D eigenvalue weighted by molar-refractivity contribution is 0.477. The molecule has 0 unspecified atom stereocenters. The first-order valence-electron chi connectivity index (χ1n) is 4.67. The highest BCUT2D eigenvalue weighted by Crippen LogP contribution is 2.32. The average molecular weight is 235 g/mol. The Morgan fingerprint density at radius 3 is 2.50 bits per heavy atom. The molecule has 4 heteroatoms. The molecule has 0 bridgehead atoms. The van der Waals surface area contributed by atoms with E-state index in [2.05, 4.69) is 0 Å². The van der Waals surface area contributed by atoms with Crippen LogP contribution in [0, 0.1) is 5.82 Å². The van der Waals surface area contributed by atoms with Crippen LogP contribution in [0.2, 0.25) is 0 Å². The number of anilines is 1. The molecule has 0 aliphatic rings. The number of phenols is 1. The minimum atomic E-state index is -0.267. The molecular weight excluding hydrogens is 225 g/mol. The van der Waals surface area contributed by atoms with Crippen LogP contribution in [0.4, 0.5) is 10.1 Å². The molecule has 0 fully saturated rings. The SMILES string of the molecule is Nc1cc(Sc2cccc(F)c2)ccc1O. The van der Waals surface area contributed by atoms with E-state index in [0.29, 0.717) is 5.69 Å². The Morgan fingerprint density at radius 2 is 1.81 bits per heavy atom. The molecule has 2 rings (SSSR count). The van der Waals surface area contributed by atoms with E-state index in [4.69, 9.17) is 5.73 Å². The number of halogens is 1. The van der Waals surface area contributed by atoms with Gasteiger partial charge in [-0.15, -0.1) is 0 Å². The summed E-state index contributed by atoms with van der Waals surface area (Å²) >= 11 is 1.39. The van der Waals surface area contributed by atoms with Crippen molar-refractivity contribution in [2.75, 3.05) is 5.73 Å². The van der Waals surface area contributed by atoms with Crippen LogP contribution >= 0.6 is 11.8 Å². The van der Waals surface area contributed by atoms with E-state index < -0.39 is 0 Å². The monoisotopic (exact) mass is 235 g/mol. The summed E-state index contributed by atoms with van der Waals surface area (Å²) in [7, 11) is 0. The lowest BCUT2D eigenvalue weighted by Crippen LogP contribution is -1.85. The zero-order chi connectivity index (χ0) is 11.5. The molecule has 0 spiro atoms. The highest BCUT2D eigenvalue weighted by atomic mass is 32.2. The molecule has 16 heavy (non-hydrogen) atoms. The molecule has 2 aromatic carbocycles. The fourth-order valence-corrected chi connectivity index (χ4v) is 2.17. The standard InChI is InChI=1S/C12H10FNOS/c13-8-2-1-3-9(6-8)16-10-4-5-12(15)11(14)7-10/h1-7,15H,14H2. The van der Waals surface area contributed by atoms with Gasteiger partial charge in [0.25, 0.3) is 0 Å². The third kappa shape index (κ3) is 2.46. The first-order valence-corrected chi connectivity index (χ1v) is 5.49. The van der Waals surface area contributed by atoms with Gasteiger partial charge < -0.3 is 10.8 Å². The largest absolute Gasteiger partial charge is 0.506 e. The maximum atomic E-state index is 12.9. The van der Waals surface area contributed by atoms with Gasteiger partial charge in [-0.3, -0.25) is 0 Å². The van der Waals surface area contributed by atoms with Crippen molar-refractivity contribution in [2.45, 2.75) is 9.79 Å². The van der Waals surface area contributed by atoms with Gasteiger partial charge in [0.15, 0.2) is 0 Å². The fourth-order valence-electron chi connectivity index (χ4n) is 1.26. The Bertz CT molecular complexity index is 516. The molecule has 82 valence electrons. The summed E-state index contributed by atoms with van der Waals surface area (Å²) in [6.45, 7) is 0. The Morgan fingerprint density at radius 1 is 1.06 bits per heavy atom. The van der Waals surface area contributed by atoms with Crippen LogP contribution in [-0.4, -0.2) is 5.11 Å². The second kappa shape index (κ2) is 4.45. The van der Waals surface area contributed by atoms with E-state index in [9.17, 15) is 9.50 Å². The van der Waals surface area contributed by atoms with E-state index in [1.807, 2.05) is 6.07 Å². The van der Waals surface area contributed by atoms with Gasteiger partial charge in [-0.2, -0.15) is 0 Å². The third-order valence-corrected chi connectivity index (χ3v) is 3.01. The number of rotatable bonds is 2. The van der Waals surface area contributed by atoms with Crippen LogP contribution in [-0.2, 0) is 0 Å². The minimum absolute atomic E-state index is 0.0589. The second-order valence-electron chi connectivity index (χ2n) is 3.28. The van der Waals surface area contributed by atoms with Crippen LogP contribution in [0.25, 0.3) is 0 Å². The predicted molar refractivity (Wildman–Crippen MR) is 63.0 cm³/mol. The van der Waals surface area contributed by atoms with Crippen LogP contribution in [0.15, 0.2) is 52.3 Å². The van der Waals surface area contributed by atoms with Gasteiger partial charge in [-0.25, -0.2) is 4.39 Å². The first-order chi connectivity index (χ1) is 7.65. The van der Waals surface area contributed by atoms with Crippen molar-refractivity contribution in [3.63, 3.8) is 0 Å². The highest BCUT2D eigenvalue weighted by molar-refractivity contribution is 7.99. The number of nitrogens with two attached hydrogens (primary N) is 1. The maximum Gasteiger partial charge on any atom is 0.138 e. The van der Waals surface area contributed by atoms with Gasteiger partial charge in [0, 0.05) is 9.79 Å². The summed E-state index contributed by atoms with van der Waals surface area (Å²) in [4.78, 5) is 1.66. The number of benzene rings is 2. The Balaban J connectivity index is 2.24. The normalized spacial score (nSPS) is 10.3. The second-order valence-corrected chi connectivity index (χ2v) is 4.43. The Labute approximate surface area is 96.9 Å². The van der Waals surface area contributed by atoms with E-state index in [1.54, 1.807) is 18.2 Å². The third-order valence-electron chi connectivity index (χ3n) is 2.03. The van der Waals surface area contributed by atoms with Crippen LogP contribution < -0.4 is 5.73 Å². The van der Waals surface area contributed by atoms with Crippen LogP contribution in [0.5, 0.6) is 5.75 Å². The van der Waals surface area contributed by atoms with E-state index in [-0.39, 0.29) is 11.6 Å². The van der Waals surface area contributed by atoms with Gasteiger partial charge in [-0.05, 0) is 36.4 Å². The molecule has 3 N–H and O–H groups in total. The molecule has 0 aliphatic heterocycles. The molecule has 2 nitrogen and oxygen atoms in total. The summed E-state index contributed by atoms with van der Waals surface area (Å²) in [5.41, 5.74) is 5.89. The number of hydrogen-bond donors (Lipinski definition) is 2. The summed E-state index contributed by atoms with van der Waals surface area (Å²) in [6.07, 6.45) is 0. The molecule has 0 amide bonds. The van der Waals surface area contributed by atoms with Gasteiger partial charge in [0.05, 0.1) is 5.69 Å². The van der Waals surface area contributed by atoms with E-state index >= 15 is 0 Å². The zero-order valence-electron chi connectivity index (χ0n) is 8.35. The number of aromatic hydroxyl groups is 1. The lowest BCUT2D eigenvalue weighted by Gasteiger charge is -2.04. The van der Waals surface area contributed by atoms with Crippen molar-refractivity contribution in [3.8, 4) is 5.75 Å². The van der Waals surface area contributed by atoms with E-state index in [1.165, 1.54) is 30.0 Å². The Kier molecular flexibility index (Phi) is 3.01. The molecule has 0 radical (unpaired) electrons. The topological polar surface area (TPSA) is 46.2 Å². The maximum absolute atomic E-state index is 12.9. The number of nitrogen functional groups attached to an aromatic ring is 1. The molecule has 0 saturated heterocycles. The summed E-state index contributed by atoms with van der Waals surface area (Å²) in [5, 5.41) is 9.26. The van der Waals surface area contributed by atoms with Crippen molar-refractivity contribution in [2.24, 2.45) is 0 Å². The van der Waals surface area contributed by atoms with E-state index in [0.717, 1.165) is 9.79 Å². The molecule has 0 atom stereocenters. The highest BCUT2D eigenvalue weighted by Gasteiger charge is 2.02. The van der Waals surface area contributed by atoms with Crippen LogP contribution in [0.1, 0.15) is 0 Å². The van der Waals surface area contributed by atoms with Crippen molar-refractivity contribution in [3.05, 3.63) is 48.3 Å². The van der Waals surface area contributed by atoms with Gasteiger partial charge >= 0.3 is 0 Å². The number of phenolic OH excluding ortho intramolecular Hbond substituents is 1. The van der Waals surface area contributed by atoms with Gasteiger partial charge in [0.2, 0.25) is 0 Å². The van der Waals surface area contributed by atoms with Crippen molar-refractivity contribution in [1.82, 2.24) is 0 Å². The average Bonchev–Trinajstić information content (AvgIpc) is 2.24. The van der Waals surface area contributed by atoms with Crippen molar-refractivity contribution >= 4 is 17.4 Å². The summed E-state index contributed by atoms with van der Waals surface area (Å²) in [5.74, 6) is -0.208. The van der Waals surface area contributed by atoms with Gasteiger partial charge in [-0.1, -0.05) is 17.8 Å². The smallest absolute Gasteiger partial charge is 0.138 e. The van der Waals surface area contributed by atoms with Gasteiger partial charge in [0.1, 0.15) is 11.6 Å². The number of hydrogen-bond acceptors (Lipinski definition) is 3. The molecule has 0 heterocycles. The van der Waals surface area contributed by atoms with Crippen LogP contribution in [0.3, 0.4) is 0 Å². The molecular formula is C12H10FNOS. The Hall–Kier alpha value is -1.68. The lowest BCUT2D eigenvalue weighted by atomic mass is 10.3. The molecule has 2 aromatic rings. The predicted octanol–water partition coefficient (Wildman–Crippen LogP) is 3.26. The summed E-state index contributed by atoms with van der Waals surface area (Å²) < 4.78 is 12.9. The molecule has 0 aromatic heterocycles. The zero-order valence-corrected chi connectivity index (χ0v) is 9.17. The quantitative estimate of drug-likeness (QED) is 0.620. The van der Waals surface area contributed by atoms with Crippen molar-refractivity contribution in [1.29, 1.82) is 0 Å². The fraction of sp³-hybridized carbons (Fsp3) is 0. The molecule has 0 saturated carbocycles. The minimum Gasteiger partial charge on any atom is -0.506 e.